The van der Waals surface area contributed by atoms with Crippen LogP contribution in [0.1, 0.15) is 11.3 Å². The van der Waals surface area contributed by atoms with Gasteiger partial charge in [-0.15, -0.1) is 0 Å². The number of hydrogen-bond acceptors (Lipinski definition) is 3. The Morgan fingerprint density at radius 3 is 2.04 bits per heavy atom. The van der Waals surface area contributed by atoms with Crippen LogP contribution in [0.25, 0.3) is 11.0 Å². The van der Waals surface area contributed by atoms with E-state index < -0.39 is 34.6 Å². The summed E-state index contributed by atoms with van der Waals surface area (Å²) in [5.41, 5.74) is -3.26. The van der Waals surface area contributed by atoms with Crippen LogP contribution in [0.15, 0.2) is 42.5 Å². The minimum atomic E-state index is -5.03. The van der Waals surface area contributed by atoms with E-state index in [-0.39, 0.29) is 11.9 Å². The summed E-state index contributed by atoms with van der Waals surface area (Å²) in [6, 6.07) is 8.51. The lowest BCUT2D eigenvalue weighted by Crippen LogP contribution is -2.14. The quantitative estimate of drug-likeness (QED) is 0.539. The molecule has 0 bridgehead atoms. The molecule has 1 aromatic carbocycles. The van der Waals surface area contributed by atoms with Crippen LogP contribution in [-0.4, -0.2) is 9.97 Å². The van der Waals surface area contributed by atoms with Crippen molar-refractivity contribution in [2.45, 2.75) is 12.4 Å². The van der Waals surface area contributed by atoms with E-state index in [0.717, 1.165) is 6.07 Å². The number of halogens is 7. The number of benzene rings is 1. The number of nitrogens with one attached hydrogen (secondary N) is 1. The highest BCUT2D eigenvalue weighted by molar-refractivity contribution is 6.30. The van der Waals surface area contributed by atoms with Crippen LogP contribution in [0.4, 0.5) is 37.8 Å². The van der Waals surface area contributed by atoms with Crippen molar-refractivity contribution in [3.05, 3.63) is 58.7 Å². The third-order valence-electron chi connectivity index (χ3n) is 3.39. The molecule has 0 unspecified atom stereocenters. The third kappa shape index (κ3) is 3.82. The highest BCUT2D eigenvalue weighted by atomic mass is 35.5. The molecule has 3 rings (SSSR count). The van der Waals surface area contributed by atoms with E-state index in [9.17, 15) is 26.3 Å². The highest BCUT2D eigenvalue weighted by Gasteiger charge is 2.39. The van der Waals surface area contributed by atoms with E-state index in [4.69, 9.17) is 11.6 Å². The van der Waals surface area contributed by atoms with E-state index in [1.807, 2.05) is 0 Å². The zero-order valence-corrected chi connectivity index (χ0v) is 13.3. The maximum atomic E-state index is 13.1. The number of pyridine rings is 2. The van der Waals surface area contributed by atoms with E-state index in [1.54, 1.807) is 24.3 Å². The fraction of sp³-hybridized carbons (Fsp3) is 0.125. The predicted octanol–water partition coefficient (Wildman–Crippen LogP) is 6.06. The Bertz CT molecular complexity index is 951. The fourth-order valence-electron chi connectivity index (χ4n) is 2.24. The molecular formula is C16H8ClF6N3. The van der Waals surface area contributed by atoms with Gasteiger partial charge in [0.15, 0.2) is 5.65 Å². The molecule has 2 heterocycles. The minimum Gasteiger partial charge on any atom is -0.340 e. The van der Waals surface area contributed by atoms with Crippen LogP contribution in [-0.2, 0) is 12.4 Å². The van der Waals surface area contributed by atoms with Gasteiger partial charge in [0.1, 0.15) is 11.5 Å². The maximum absolute atomic E-state index is 13.1. The predicted molar refractivity (Wildman–Crippen MR) is 84.3 cm³/mol. The second-order valence-corrected chi connectivity index (χ2v) is 5.69. The molecule has 10 heteroatoms. The molecule has 1 N–H and O–H groups in total. The van der Waals surface area contributed by atoms with Crippen molar-refractivity contribution in [2.24, 2.45) is 0 Å². The number of alkyl halides is 6. The van der Waals surface area contributed by atoms with Crippen molar-refractivity contribution in [1.29, 1.82) is 0 Å². The van der Waals surface area contributed by atoms with Crippen LogP contribution >= 0.6 is 11.6 Å². The smallest absolute Gasteiger partial charge is 0.340 e. The van der Waals surface area contributed by atoms with E-state index in [0.29, 0.717) is 10.7 Å². The van der Waals surface area contributed by atoms with Gasteiger partial charge in [-0.3, -0.25) is 0 Å². The summed E-state index contributed by atoms with van der Waals surface area (Å²) in [4.78, 5) is 7.03. The first-order valence-electron chi connectivity index (χ1n) is 7.03. The summed E-state index contributed by atoms with van der Waals surface area (Å²) in [6.07, 6.45) is -10.0. The Kier molecular flexibility index (Phi) is 4.43. The van der Waals surface area contributed by atoms with Crippen LogP contribution < -0.4 is 5.32 Å². The first-order chi connectivity index (χ1) is 12.0. The number of rotatable bonds is 2. The second kappa shape index (κ2) is 6.31. The molecule has 3 aromatic rings. The van der Waals surface area contributed by atoms with E-state index >= 15 is 0 Å². The number of anilines is 2. The maximum Gasteiger partial charge on any atom is 0.433 e. The molecule has 0 amide bonds. The number of nitrogens with zero attached hydrogens (tertiary/aromatic N) is 2. The van der Waals surface area contributed by atoms with Gasteiger partial charge < -0.3 is 5.32 Å². The molecule has 0 aliphatic carbocycles. The lowest BCUT2D eigenvalue weighted by molar-refractivity contribution is -0.144. The van der Waals surface area contributed by atoms with Crippen LogP contribution in [0, 0.1) is 0 Å². The van der Waals surface area contributed by atoms with Crippen LogP contribution in [0.3, 0.4) is 0 Å². The monoisotopic (exact) mass is 391 g/mol. The first kappa shape index (κ1) is 18.2. The van der Waals surface area contributed by atoms with Gasteiger partial charge in [0, 0.05) is 16.1 Å². The zero-order chi connectivity index (χ0) is 19.1. The van der Waals surface area contributed by atoms with Gasteiger partial charge in [-0.05, 0) is 42.5 Å². The fourth-order valence-corrected chi connectivity index (χ4v) is 2.36. The van der Waals surface area contributed by atoms with Crippen molar-refractivity contribution in [3.63, 3.8) is 0 Å². The van der Waals surface area contributed by atoms with Crippen LogP contribution in [0.2, 0.25) is 5.02 Å². The Labute approximate surface area is 147 Å². The largest absolute Gasteiger partial charge is 0.433 e. The zero-order valence-electron chi connectivity index (χ0n) is 12.6. The van der Waals surface area contributed by atoms with Crippen LogP contribution in [0.5, 0.6) is 0 Å². The minimum absolute atomic E-state index is 0.0175. The summed E-state index contributed by atoms with van der Waals surface area (Å²) in [7, 11) is 0. The molecule has 0 aliphatic heterocycles. The van der Waals surface area contributed by atoms with Gasteiger partial charge in [-0.1, -0.05) is 11.6 Å². The van der Waals surface area contributed by atoms with E-state index in [2.05, 4.69) is 15.3 Å². The van der Waals surface area contributed by atoms with Gasteiger partial charge in [0.25, 0.3) is 0 Å². The van der Waals surface area contributed by atoms with Crippen molar-refractivity contribution in [2.75, 3.05) is 5.32 Å². The summed E-state index contributed by atoms with van der Waals surface area (Å²) in [6.45, 7) is 0. The lowest BCUT2D eigenvalue weighted by atomic mass is 10.1. The normalized spacial score (nSPS) is 12.4. The van der Waals surface area contributed by atoms with Gasteiger partial charge in [0.2, 0.25) is 0 Å². The van der Waals surface area contributed by atoms with Gasteiger partial charge in [-0.2, -0.15) is 26.3 Å². The highest BCUT2D eigenvalue weighted by Crippen LogP contribution is 2.38. The molecule has 0 saturated heterocycles. The van der Waals surface area contributed by atoms with Gasteiger partial charge in [0.05, 0.1) is 5.56 Å². The van der Waals surface area contributed by atoms with E-state index in [1.165, 1.54) is 6.07 Å². The second-order valence-electron chi connectivity index (χ2n) is 5.25. The van der Waals surface area contributed by atoms with Gasteiger partial charge >= 0.3 is 12.4 Å². The molecule has 3 nitrogen and oxygen atoms in total. The molecular weight excluding hydrogens is 384 g/mol. The standard InChI is InChI=1S/C16H8ClF6N3/c17-8-1-3-9(4-2-8)24-13-6-5-10-11(15(18,19)20)7-12(16(21,22)23)25-14(10)26-13/h1-7H,(H,24,25,26). The lowest BCUT2D eigenvalue weighted by Gasteiger charge is -2.14. The molecule has 0 saturated carbocycles. The molecule has 0 spiro atoms. The Morgan fingerprint density at radius 1 is 0.808 bits per heavy atom. The van der Waals surface area contributed by atoms with Crippen molar-refractivity contribution >= 4 is 34.1 Å². The Hall–Kier alpha value is -2.55. The number of fused-ring (bicyclic) bond motifs is 1. The SMILES string of the molecule is FC(F)(F)c1cc(C(F)(F)F)c2ccc(Nc3ccc(Cl)cc3)nc2n1. The molecule has 26 heavy (non-hydrogen) atoms. The third-order valence-corrected chi connectivity index (χ3v) is 3.64. The average Bonchev–Trinajstić information content (AvgIpc) is 2.54. The first-order valence-corrected chi connectivity index (χ1v) is 7.40. The molecule has 0 aliphatic rings. The van der Waals surface area contributed by atoms with Crippen molar-refractivity contribution in [3.8, 4) is 0 Å². The Morgan fingerprint density at radius 2 is 1.46 bits per heavy atom. The molecule has 136 valence electrons. The summed E-state index contributed by atoms with van der Waals surface area (Å²) >= 11 is 5.75. The van der Waals surface area contributed by atoms with Crippen molar-refractivity contribution in [1.82, 2.24) is 9.97 Å². The summed E-state index contributed by atoms with van der Waals surface area (Å²) < 4.78 is 78.0. The molecule has 2 aromatic heterocycles. The average molecular weight is 392 g/mol. The molecule has 0 radical (unpaired) electrons. The number of aromatic nitrogens is 2. The topological polar surface area (TPSA) is 37.8 Å². The van der Waals surface area contributed by atoms with Gasteiger partial charge in [-0.25, -0.2) is 9.97 Å². The summed E-state index contributed by atoms with van der Waals surface area (Å²) in [5, 5.41) is 2.71. The number of hydrogen-bond donors (Lipinski definition) is 1. The Balaban J connectivity index is 2.11. The summed E-state index contributed by atoms with van der Waals surface area (Å²) in [5.74, 6) is 0.0415. The molecule has 0 fully saturated rings. The van der Waals surface area contributed by atoms with Crippen molar-refractivity contribution < 1.29 is 26.3 Å². The molecule has 0 atom stereocenters.